The number of hydrogen-bond donors (Lipinski definition) is 2. The number of hydrogen-bond acceptors (Lipinski definition) is 5. The molecule has 0 aliphatic rings. The normalized spacial score (nSPS) is 10.7. The Bertz CT molecular complexity index is 928. The summed E-state index contributed by atoms with van der Waals surface area (Å²) in [5, 5.41) is 3.22. The number of carbonyl (C=O) groups excluding carboxylic acids is 1. The van der Waals surface area contributed by atoms with Crippen LogP contribution in [0.5, 0.6) is 0 Å². The zero-order valence-corrected chi connectivity index (χ0v) is 12.8. The van der Waals surface area contributed by atoms with Gasteiger partial charge in [0.2, 0.25) is 0 Å². The molecule has 1 amide bonds. The van der Waals surface area contributed by atoms with E-state index in [1.54, 1.807) is 38.1 Å². The maximum absolute atomic E-state index is 12.1. The van der Waals surface area contributed by atoms with Gasteiger partial charge in [-0.1, -0.05) is 12.1 Å². The summed E-state index contributed by atoms with van der Waals surface area (Å²) in [5.74, 6) is 0.589. The average molecular weight is 309 g/mol. The molecular weight excluding hydrogens is 294 g/mol. The molecule has 0 radical (unpaired) electrons. The van der Waals surface area contributed by atoms with Crippen LogP contribution in [0.15, 0.2) is 35.1 Å². The zero-order valence-electron chi connectivity index (χ0n) is 12.8. The Morgan fingerprint density at radius 3 is 2.74 bits per heavy atom. The molecule has 0 spiro atoms. The number of para-hydroxylation sites is 1. The second-order valence-electron chi connectivity index (χ2n) is 5.15. The number of carbonyl (C=O) groups is 1. The number of aromatic amines is 1. The number of nitrogens with one attached hydrogen (secondary N) is 2. The van der Waals surface area contributed by atoms with Gasteiger partial charge >= 0.3 is 0 Å². The topological polar surface area (TPSA) is 101 Å². The van der Waals surface area contributed by atoms with Crippen LogP contribution < -0.4 is 10.9 Å². The highest BCUT2D eigenvalue weighted by atomic mass is 16.2. The van der Waals surface area contributed by atoms with Crippen molar-refractivity contribution in [2.45, 2.75) is 20.4 Å². The summed E-state index contributed by atoms with van der Waals surface area (Å²) in [6.45, 7) is 3.64. The lowest BCUT2D eigenvalue weighted by molar-refractivity contribution is 0.0944. The number of nitrogens with zero attached hydrogens (tertiary/aromatic N) is 3. The predicted octanol–water partition coefficient (Wildman–Crippen LogP) is 1.26. The first-order valence-corrected chi connectivity index (χ1v) is 7.11. The Hall–Kier alpha value is -3.09. The van der Waals surface area contributed by atoms with E-state index in [2.05, 4.69) is 25.3 Å². The van der Waals surface area contributed by atoms with E-state index >= 15 is 0 Å². The largest absolute Gasteiger partial charge is 0.343 e. The van der Waals surface area contributed by atoms with Crippen molar-refractivity contribution in [1.82, 2.24) is 25.3 Å². The predicted molar refractivity (Wildman–Crippen MR) is 85.0 cm³/mol. The Morgan fingerprint density at radius 1 is 1.17 bits per heavy atom. The van der Waals surface area contributed by atoms with Gasteiger partial charge in [0.15, 0.2) is 0 Å². The van der Waals surface area contributed by atoms with Gasteiger partial charge in [-0.25, -0.2) is 15.0 Å². The minimum absolute atomic E-state index is 0.112. The fourth-order valence-corrected chi connectivity index (χ4v) is 2.31. The highest BCUT2D eigenvalue weighted by Crippen LogP contribution is 2.06. The van der Waals surface area contributed by atoms with E-state index in [1.165, 1.54) is 0 Å². The third-order valence-electron chi connectivity index (χ3n) is 3.28. The first-order valence-electron chi connectivity index (χ1n) is 7.11. The smallest absolute Gasteiger partial charge is 0.270 e. The van der Waals surface area contributed by atoms with E-state index in [-0.39, 0.29) is 23.7 Å². The van der Waals surface area contributed by atoms with Crippen LogP contribution in [-0.4, -0.2) is 25.8 Å². The number of amides is 1. The lowest BCUT2D eigenvalue weighted by Crippen LogP contribution is -2.26. The van der Waals surface area contributed by atoms with Crippen molar-refractivity contribution >= 4 is 16.8 Å². The number of aryl methyl sites for hydroxylation is 2. The second-order valence-corrected chi connectivity index (χ2v) is 5.15. The summed E-state index contributed by atoms with van der Waals surface area (Å²) >= 11 is 0. The van der Waals surface area contributed by atoms with Gasteiger partial charge in [-0.2, -0.15) is 0 Å². The van der Waals surface area contributed by atoms with Gasteiger partial charge in [0.05, 0.1) is 17.4 Å². The van der Waals surface area contributed by atoms with Crippen molar-refractivity contribution in [1.29, 1.82) is 0 Å². The van der Waals surface area contributed by atoms with Crippen molar-refractivity contribution in [3.05, 3.63) is 63.7 Å². The molecule has 0 unspecified atom stereocenters. The van der Waals surface area contributed by atoms with Gasteiger partial charge in [0.1, 0.15) is 17.3 Å². The van der Waals surface area contributed by atoms with Crippen LogP contribution in [0, 0.1) is 13.8 Å². The molecule has 2 N–H and O–H groups in total. The van der Waals surface area contributed by atoms with Crippen molar-refractivity contribution < 1.29 is 4.79 Å². The molecule has 116 valence electrons. The van der Waals surface area contributed by atoms with E-state index in [4.69, 9.17) is 0 Å². The van der Waals surface area contributed by atoms with E-state index < -0.39 is 0 Å². The van der Waals surface area contributed by atoms with Crippen LogP contribution in [0.3, 0.4) is 0 Å². The minimum Gasteiger partial charge on any atom is -0.343 e. The highest BCUT2D eigenvalue weighted by Gasteiger charge is 2.10. The molecule has 0 saturated heterocycles. The van der Waals surface area contributed by atoms with E-state index in [0.29, 0.717) is 22.6 Å². The first-order chi connectivity index (χ1) is 11.0. The minimum atomic E-state index is -0.339. The SMILES string of the molecule is Cc1cc(C(=O)NCc2nc3ccccc3c(=O)[nH]2)nc(C)n1. The molecule has 2 heterocycles. The van der Waals surface area contributed by atoms with Gasteiger partial charge < -0.3 is 10.3 Å². The Kier molecular flexibility index (Phi) is 3.84. The lowest BCUT2D eigenvalue weighted by Gasteiger charge is -2.06. The van der Waals surface area contributed by atoms with Crippen molar-refractivity contribution in [2.75, 3.05) is 0 Å². The fourth-order valence-electron chi connectivity index (χ4n) is 2.31. The molecule has 1 aromatic carbocycles. The molecule has 0 saturated carbocycles. The van der Waals surface area contributed by atoms with Gasteiger partial charge in [0.25, 0.3) is 11.5 Å². The Labute approximate surface area is 131 Å². The number of rotatable bonds is 3. The number of benzene rings is 1. The monoisotopic (exact) mass is 309 g/mol. The van der Waals surface area contributed by atoms with E-state index in [9.17, 15) is 9.59 Å². The Balaban J connectivity index is 1.80. The Morgan fingerprint density at radius 2 is 1.96 bits per heavy atom. The maximum atomic E-state index is 12.1. The van der Waals surface area contributed by atoms with Crippen LogP contribution >= 0.6 is 0 Å². The van der Waals surface area contributed by atoms with Crippen molar-refractivity contribution in [3.63, 3.8) is 0 Å². The van der Waals surface area contributed by atoms with Gasteiger partial charge in [0, 0.05) is 5.69 Å². The first kappa shape index (κ1) is 14.8. The van der Waals surface area contributed by atoms with Gasteiger partial charge in [-0.05, 0) is 32.0 Å². The van der Waals surface area contributed by atoms with Crippen LogP contribution in [0.2, 0.25) is 0 Å². The van der Waals surface area contributed by atoms with Crippen LogP contribution in [0.25, 0.3) is 10.9 Å². The molecule has 3 rings (SSSR count). The molecule has 3 aromatic rings. The quantitative estimate of drug-likeness (QED) is 0.758. The number of aromatic nitrogens is 4. The molecule has 2 aromatic heterocycles. The number of H-pyrrole nitrogens is 1. The summed E-state index contributed by atoms with van der Waals surface area (Å²) < 4.78 is 0. The van der Waals surface area contributed by atoms with Gasteiger partial charge in [-0.15, -0.1) is 0 Å². The van der Waals surface area contributed by atoms with Crippen LogP contribution in [0.4, 0.5) is 0 Å². The van der Waals surface area contributed by atoms with Crippen LogP contribution in [-0.2, 0) is 6.54 Å². The molecule has 0 aliphatic carbocycles. The van der Waals surface area contributed by atoms with E-state index in [1.807, 2.05) is 6.07 Å². The second kappa shape index (κ2) is 5.96. The number of fused-ring (bicyclic) bond motifs is 1. The summed E-state index contributed by atoms with van der Waals surface area (Å²) in [6.07, 6.45) is 0. The summed E-state index contributed by atoms with van der Waals surface area (Å²) in [4.78, 5) is 39.4. The molecule has 7 nitrogen and oxygen atoms in total. The van der Waals surface area contributed by atoms with E-state index in [0.717, 1.165) is 5.69 Å². The fraction of sp³-hybridized carbons (Fsp3) is 0.188. The molecule has 0 fully saturated rings. The molecule has 0 atom stereocenters. The standard InChI is InChI=1S/C16H15N5O2/c1-9-7-13(19-10(2)18-9)16(23)17-8-14-20-12-6-4-3-5-11(12)15(22)21-14/h3-7H,8H2,1-2H3,(H,17,23)(H,20,21,22). The maximum Gasteiger partial charge on any atom is 0.270 e. The lowest BCUT2D eigenvalue weighted by atomic mass is 10.2. The van der Waals surface area contributed by atoms with Crippen molar-refractivity contribution in [3.8, 4) is 0 Å². The molecular formula is C16H15N5O2. The highest BCUT2D eigenvalue weighted by molar-refractivity contribution is 5.92. The van der Waals surface area contributed by atoms with Crippen molar-refractivity contribution in [2.24, 2.45) is 0 Å². The third-order valence-corrected chi connectivity index (χ3v) is 3.28. The molecule has 0 bridgehead atoms. The molecule has 7 heteroatoms. The third kappa shape index (κ3) is 3.23. The molecule has 23 heavy (non-hydrogen) atoms. The summed E-state index contributed by atoms with van der Waals surface area (Å²) in [5.41, 5.74) is 1.38. The zero-order chi connectivity index (χ0) is 16.4. The average Bonchev–Trinajstić information content (AvgIpc) is 2.52. The summed E-state index contributed by atoms with van der Waals surface area (Å²) in [7, 11) is 0. The van der Waals surface area contributed by atoms with Gasteiger partial charge in [-0.3, -0.25) is 9.59 Å². The molecule has 0 aliphatic heterocycles. The summed E-state index contributed by atoms with van der Waals surface area (Å²) in [6, 6.07) is 8.66. The van der Waals surface area contributed by atoms with Crippen LogP contribution in [0.1, 0.15) is 27.8 Å².